The minimum atomic E-state index is -0.115. The molecule has 1 nitrogen and oxygen atoms in total. The molecule has 0 aliphatic heterocycles. The van der Waals surface area contributed by atoms with E-state index in [1.165, 1.54) is 39.0 Å². The van der Waals surface area contributed by atoms with Gasteiger partial charge in [-0.05, 0) is 85.9 Å². The number of benzene rings is 2. The fourth-order valence-corrected chi connectivity index (χ4v) is 4.79. The van der Waals surface area contributed by atoms with Crippen molar-refractivity contribution in [2.45, 2.75) is 116 Å². The molecule has 1 unspecified atom stereocenters. The standard InChI is InChI=1S/C33H36O.4C2H6/c1-8-29(32-20-24(4)23(3)19-25(32)5)21-28-11-10-18-33(7,22-28)31(9-2)17-14-27-12-15-30(16-13-27)26(6)34;4*1-2/h10-13,15-16,19-20,22H,1-2,14,17-18,21H2,3-7H3;4*1-2H3. The van der Waals surface area contributed by atoms with E-state index in [2.05, 4.69) is 94.8 Å². The second-order valence-corrected chi connectivity index (χ2v) is 9.74. The van der Waals surface area contributed by atoms with Crippen LogP contribution in [0.5, 0.6) is 0 Å². The summed E-state index contributed by atoms with van der Waals surface area (Å²) in [4.78, 5) is 11.5. The molecule has 2 aromatic rings. The van der Waals surface area contributed by atoms with Crippen LogP contribution in [-0.4, -0.2) is 5.78 Å². The lowest BCUT2D eigenvalue weighted by molar-refractivity contribution is 0.101. The first-order chi connectivity index (χ1) is 20.2. The zero-order valence-electron chi connectivity index (χ0n) is 29.3. The van der Waals surface area contributed by atoms with Crippen molar-refractivity contribution in [3.05, 3.63) is 124 Å². The SMILES string of the molecule is C=C=C(CC1=CC(C)(C(=C=C)CCc2ccc(C(C)=O)cc2)CC=C1)c1cc(C)c(C)cc1C.CC.CC.CC.CC. The number of hydrogen-bond acceptors (Lipinski definition) is 1. The maximum Gasteiger partial charge on any atom is 0.159 e. The van der Waals surface area contributed by atoms with Crippen LogP contribution in [0.2, 0.25) is 0 Å². The van der Waals surface area contributed by atoms with Crippen LogP contribution in [0.4, 0.5) is 0 Å². The summed E-state index contributed by atoms with van der Waals surface area (Å²) in [7, 11) is 0. The smallest absolute Gasteiger partial charge is 0.159 e. The molecule has 0 amide bonds. The van der Waals surface area contributed by atoms with Crippen LogP contribution in [0, 0.1) is 26.2 Å². The van der Waals surface area contributed by atoms with Gasteiger partial charge in [-0.1, -0.05) is 130 Å². The second-order valence-electron chi connectivity index (χ2n) is 9.74. The predicted molar refractivity (Wildman–Crippen MR) is 191 cm³/mol. The van der Waals surface area contributed by atoms with E-state index in [1.54, 1.807) is 6.92 Å². The molecule has 42 heavy (non-hydrogen) atoms. The summed E-state index contributed by atoms with van der Waals surface area (Å²) in [6, 6.07) is 12.4. The maximum absolute atomic E-state index is 11.5. The number of ketones is 1. The molecule has 1 heteroatoms. The molecule has 1 aliphatic rings. The lowest BCUT2D eigenvalue weighted by Crippen LogP contribution is -2.19. The minimum Gasteiger partial charge on any atom is -0.295 e. The van der Waals surface area contributed by atoms with Crippen LogP contribution in [0.15, 0.2) is 90.4 Å². The van der Waals surface area contributed by atoms with Crippen molar-refractivity contribution in [3.8, 4) is 0 Å². The van der Waals surface area contributed by atoms with Crippen LogP contribution >= 0.6 is 0 Å². The highest BCUT2D eigenvalue weighted by molar-refractivity contribution is 5.94. The topological polar surface area (TPSA) is 17.1 Å². The predicted octanol–water partition coefficient (Wildman–Crippen LogP) is 12.7. The van der Waals surface area contributed by atoms with Crippen LogP contribution in [0.3, 0.4) is 0 Å². The summed E-state index contributed by atoms with van der Waals surface area (Å²) in [6.07, 6.45) is 10.4. The summed E-state index contributed by atoms with van der Waals surface area (Å²) < 4.78 is 0. The first-order valence-electron chi connectivity index (χ1n) is 16.0. The summed E-state index contributed by atoms with van der Waals surface area (Å²) >= 11 is 0. The van der Waals surface area contributed by atoms with E-state index < -0.39 is 0 Å². The number of aryl methyl sites for hydroxylation is 4. The average molecular weight is 569 g/mol. The molecular formula is C41H60O. The summed E-state index contributed by atoms with van der Waals surface area (Å²) in [5, 5.41) is 0. The van der Waals surface area contributed by atoms with E-state index in [1.807, 2.05) is 67.5 Å². The molecule has 0 aromatic heterocycles. The molecule has 0 radical (unpaired) electrons. The first kappa shape index (κ1) is 40.8. The number of rotatable bonds is 8. The summed E-state index contributed by atoms with van der Waals surface area (Å²) in [5.74, 6) is 0.0985. The Bertz CT molecular complexity index is 1250. The van der Waals surface area contributed by atoms with Crippen LogP contribution in [-0.2, 0) is 6.42 Å². The number of hydrogen-bond donors (Lipinski definition) is 0. The molecule has 0 bridgehead atoms. The molecule has 1 aliphatic carbocycles. The Morgan fingerprint density at radius 1 is 0.833 bits per heavy atom. The van der Waals surface area contributed by atoms with Gasteiger partial charge in [0, 0.05) is 23.0 Å². The first-order valence-corrected chi connectivity index (χ1v) is 16.0. The molecule has 2 aromatic carbocycles. The molecule has 1 atom stereocenters. The van der Waals surface area contributed by atoms with E-state index >= 15 is 0 Å². The van der Waals surface area contributed by atoms with E-state index in [-0.39, 0.29) is 11.2 Å². The number of Topliss-reactive ketones (excluding diaryl/α,β-unsaturated/α-hetero) is 1. The molecule has 230 valence electrons. The summed E-state index contributed by atoms with van der Waals surface area (Å²) in [6.45, 7) is 34.4. The van der Waals surface area contributed by atoms with Gasteiger partial charge in [-0.2, -0.15) is 0 Å². The van der Waals surface area contributed by atoms with E-state index in [9.17, 15) is 4.79 Å². The average Bonchev–Trinajstić information content (AvgIpc) is 3.02. The zero-order chi connectivity index (χ0) is 32.9. The van der Waals surface area contributed by atoms with Crippen LogP contribution < -0.4 is 0 Å². The zero-order valence-corrected chi connectivity index (χ0v) is 29.3. The molecule has 0 heterocycles. The third-order valence-corrected chi connectivity index (χ3v) is 7.06. The third kappa shape index (κ3) is 12.2. The molecular weight excluding hydrogens is 508 g/mol. The molecule has 0 N–H and O–H groups in total. The van der Waals surface area contributed by atoms with Gasteiger partial charge < -0.3 is 0 Å². The van der Waals surface area contributed by atoms with Crippen molar-refractivity contribution in [2.24, 2.45) is 5.41 Å². The van der Waals surface area contributed by atoms with Gasteiger partial charge in [-0.25, -0.2) is 0 Å². The van der Waals surface area contributed by atoms with Gasteiger partial charge in [-0.3, -0.25) is 4.79 Å². The fraction of sp³-hybridized carbons (Fsp3) is 0.439. The Hall–Kier alpha value is -3.37. The lowest BCUT2D eigenvalue weighted by atomic mass is 9.73. The van der Waals surface area contributed by atoms with Gasteiger partial charge >= 0.3 is 0 Å². The maximum atomic E-state index is 11.5. The Morgan fingerprint density at radius 2 is 1.38 bits per heavy atom. The highest BCUT2D eigenvalue weighted by Crippen LogP contribution is 2.41. The largest absolute Gasteiger partial charge is 0.295 e. The Balaban J connectivity index is 0. The Kier molecular flexibility index (Phi) is 21.6. The Morgan fingerprint density at radius 3 is 1.88 bits per heavy atom. The molecule has 0 fully saturated rings. The highest BCUT2D eigenvalue weighted by atomic mass is 16.1. The lowest BCUT2D eigenvalue weighted by Gasteiger charge is -2.31. The summed E-state index contributed by atoms with van der Waals surface area (Å²) in [5.41, 5.74) is 17.1. The van der Waals surface area contributed by atoms with Crippen molar-refractivity contribution in [2.75, 3.05) is 0 Å². The van der Waals surface area contributed by atoms with Gasteiger partial charge in [0.2, 0.25) is 0 Å². The van der Waals surface area contributed by atoms with Crippen molar-refractivity contribution in [1.29, 1.82) is 0 Å². The van der Waals surface area contributed by atoms with Crippen LogP contribution in [0.1, 0.15) is 127 Å². The van der Waals surface area contributed by atoms with Gasteiger partial charge in [0.1, 0.15) is 0 Å². The molecule has 0 saturated carbocycles. The number of carbonyl (C=O) groups is 1. The third-order valence-electron chi connectivity index (χ3n) is 7.06. The van der Waals surface area contributed by atoms with Crippen molar-refractivity contribution >= 4 is 11.4 Å². The fourth-order valence-electron chi connectivity index (χ4n) is 4.79. The molecule has 0 spiro atoms. The van der Waals surface area contributed by atoms with Crippen molar-refractivity contribution in [3.63, 3.8) is 0 Å². The van der Waals surface area contributed by atoms with E-state index in [0.717, 1.165) is 36.8 Å². The Labute approximate surface area is 260 Å². The minimum absolute atomic E-state index is 0.0985. The number of allylic oxidation sites excluding steroid dienone is 6. The normalized spacial score (nSPS) is 14.3. The quantitative estimate of drug-likeness (QED) is 0.229. The van der Waals surface area contributed by atoms with E-state index in [0.29, 0.717) is 0 Å². The van der Waals surface area contributed by atoms with Crippen LogP contribution in [0.25, 0.3) is 5.57 Å². The number of carbonyl (C=O) groups excluding carboxylic acids is 1. The van der Waals surface area contributed by atoms with Crippen molar-refractivity contribution in [1.82, 2.24) is 0 Å². The van der Waals surface area contributed by atoms with Gasteiger partial charge in [-0.15, -0.1) is 11.5 Å². The highest BCUT2D eigenvalue weighted by Gasteiger charge is 2.28. The van der Waals surface area contributed by atoms with Crippen molar-refractivity contribution < 1.29 is 4.79 Å². The van der Waals surface area contributed by atoms with Gasteiger partial charge in [0.05, 0.1) is 0 Å². The van der Waals surface area contributed by atoms with E-state index in [4.69, 9.17) is 0 Å². The molecule has 3 rings (SSSR count). The molecule has 0 saturated heterocycles. The monoisotopic (exact) mass is 568 g/mol. The second kappa shape index (κ2) is 22.3. The van der Waals surface area contributed by atoms with Gasteiger partial charge in [0.25, 0.3) is 0 Å². The van der Waals surface area contributed by atoms with Gasteiger partial charge in [0.15, 0.2) is 5.78 Å².